The molecule has 0 radical (unpaired) electrons. The monoisotopic (exact) mass is 527 g/mol. The summed E-state index contributed by atoms with van der Waals surface area (Å²) < 4.78 is 5.45. The van der Waals surface area contributed by atoms with E-state index in [2.05, 4.69) is 24.4 Å². The van der Waals surface area contributed by atoms with Crippen LogP contribution in [0.3, 0.4) is 0 Å². The van der Waals surface area contributed by atoms with Gasteiger partial charge in [-0.05, 0) is 62.6 Å². The SMILES string of the molecule is CCOCCCN(CC(=O)N(Cc1ccccc1)Cc1ccc(C)s1)C(=O)Nc1ccc(C)c(Cl)c1. The van der Waals surface area contributed by atoms with E-state index in [0.29, 0.717) is 50.0 Å². The van der Waals surface area contributed by atoms with Crippen LogP contribution in [0.25, 0.3) is 0 Å². The van der Waals surface area contributed by atoms with Crippen molar-refractivity contribution in [1.29, 1.82) is 0 Å². The third kappa shape index (κ3) is 8.66. The molecule has 3 rings (SSSR count). The summed E-state index contributed by atoms with van der Waals surface area (Å²) >= 11 is 7.91. The third-order valence-electron chi connectivity index (χ3n) is 5.67. The van der Waals surface area contributed by atoms with Gasteiger partial charge in [-0.25, -0.2) is 4.79 Å². The lowest BCUT2D eigenvalue weighted by Crippen LogP contribution is -2.44. The maximum absolute atomic E-state index is 13.6. The number of rotatable bonds is 12. The molecule has 0 aliphatic rings. The van der Waals surface area contributed by atoms with Crippen molar-refractivity contribution in [3.8, 4) is 0 Å². The summed E-state index contributed by atoms with van der Waals surface area (Å²) in [6.07, 6.45) is 0.631. The first-order chi connectivity index (χ1) is 17.4. The van der Waals surface area contributed by atoms with Crippen molar-refractivity contribution in [2.24, 2.45) is 0 Å². The highest BCUT2D eigenvalue weighted by Gasteiger charge is 2.22. The van der Waals surface area contributed by atoms with E-state index < -0.39 is 0 Å². The number of aryl methyl sites for hydroxylation is 2. The van der Waals surface area contributed by atoms with Crippen LogP contribution in [0.5, 0.6) is 0 Å². The molecule has 0 aliphatic carbocycles. The number of hydrogen-bond donors (Lipinski definition) is 1. The van der Waals surface area contributed by atoms with Gasteiger partial charge < -0.3 is 19.9 Å². The van der Waals surface area contributed by atoms with Crippen molar-refractivity contribution in [3.05, 3.63) is 86.6 Å². The molecule has 3 aromatic rings. The molecular weight excluding hydrogens is 494 g/mol. The molecule has 192 valence electrons. The maximum Gasteiger partial charge on any atom is 0.322 e. The summed E-state index contributed by atoms with van der Waals surface area (Å²) in [5, 5.41) is 3.47. The Hall–Kier alpha value is -2.87. The molecule has 0 unspecified atom stereocenters. The van der Waals surface area contributed by atoms with Crippen molar-refractivity contribution < 1.29 is 14.3 Å². The molecule has 6 nitrogen and oxygen atoms in total. The number of hydrogen-bond acceptors (Lipinski definition) is 4. The van der Waals surface area contributed by atoms with Gasteiger partial charge in [0.25, 0.3) is 0 Å². The van der Waals surface area contributed by atoms with E-state index >= 15 is 0 Å². The number of thiophene rings is 1. The van der Waals surface area contributed by atoms with E-state index in [0.717, 1.165) is 16.0 Å². The van der Waals surface area contributed by atoms with Crippen molar-refractivity contribution in [2.75, 3.05) is 31.6 Å². The molecule has 3 amide bonds. The van der Waals surface area contributed by atoms with E-state index in [1.165, 1.54) is 4.88 Å². The van der Waals surface area contributed by atoms with Crippen LogP contribution >= 0.6 is 22.9 Å². The number of carbonyl (C=O) groups excluding carboxylic acids is 2. The minimum atomic E-state index is -0.341. The van der Waals surface area contributed by atoms with Gasteiger partial charge in [-0.3, -0.25) is 4.79 Å². The lowest BCUT2D eigenvalue weighted by molar-refractivity contribution is -0.133. The maximum atomic E-state index is 13.6. The number of nitrogens with zero attached hydrogens (tertiary/aromatic N) is 2. The van der Waals surface area contributed by atoms with Crippen LogP contribution in [0.1, 0.15) is 34.2 Å². The first kappa shape index (κ1) is 27.7. The Labute approximate surface area is 222 Å². The molecule has 0 saturated heterocycles. The van der Waals surface area contributed by atoms with Crippen LogP contribution in [0.2, 0.25) is 5.02 Å². The average molecular weight is 528 g/mol. The smallest absolute Gasteiger partial charge is 0.322 e. The van der Waals surface area contributed by atoms with Gasteiger partial charge in [-0.15, -0.1) is 11.3 Å². The summed E-state index contributed by atoms with van der Waals surface area (Å²) in [4.78, 5) is 32.5. The number of urea groups is 1. The number of carbonyl (C=O) groups is 2. The van der Waals surface area contributed by atoms with E-state index in [1.54, 1.807) is 28.4 Å². The molecule has 0 aliphatic heterocycles. The molecule has 0 bridgehead atoms. The number of benzene rings is 2. The highest BCUT2D eigenvalue weighted by Crippen LogP contribution is 2.21. The lowest BCUT2D eigenvalue weighted by Gasteiger charge is -2.28. The zero-order valence-corrected chi connectivity index (χ0v) is 22.7. The Balaban J connectivity index is 1.76. The predicted octanol–water partition coefficient (Wildman–Crippen LogP) is 6.51. The highest BCUT2D eigenvalue weighted by molar-refractivity contribution is 7.11. The first-order valence-corrected chi connectivity index (χ1v) is 13.3. The summed E-state index contributed by atoms with van der Waals surface area (Å²) in [5.74, 6) is -0.113. The fourth-order valence-electron chi connectivity index (χ4n) is 3.68. The molecule has 8 heteroatoms. The Morgan fingerprint density at radius 3 is 2.44 bits per heavy atom. The van der Waals surface area contributed by atoms with Gasteiger partial charge in [0.1, 0.15) is 6.54 Å². The normalized spacial score (nSPS) is 10.8. The van der Waals surface area contributed by atoms with Gasteiger partial charge in [-0.1, -0.05) is 48.0 Å². The highest BCUT2D eigenvalue weighted by atomic mass is 35.5. The van der Waals surface area contributed by atoms with Crippen molar-refractivity contribution >= 4 is 40.6 Å². The topological polar surface area (TPSA) is 61.9 Å². The molecule has 1 aromatic heterocycles. The van der Waals surface area contributed by atoms with Crippen LogP contribution in [0.4, 0.5) is 10.5 Å². The zero-order chi connectivity index (χ0) is 25.9. The van der Waals surface area contributed by atoms with E-state index in [-0.39, 0.29) is 18.5 Å². The largest absolute Gasteiger partial charge is 0.382 e. The first-order valence-electron chi connectivity index (χ1n) is 12.1. The Morgan fingerprint density at radius 1 is 1.00 bits per heavy atom. The van der Waals surface area contributed by atoms with Gasteiger partial charge >= 0.3 is 6.03 Å². The summed E-state index contributed by atoms with van der Waals surface area (Å²) in [5.41, 5.74) is 2.56. The number of amides is 3. The minimum absolute atomic E-state index is 0.0330. The van der Waals surface area contributed by atoms with Gasteiger partial charge in [-0.2, -0.15) is 0 Å². The van der Waals surface area contributed by atoms with Gasteiger partial charge in [0.05, 0.1) is 6.54 Å². The standard InChI is InChI=1S/C28H34ClN3O3S/c1-4-35-16-8-15-31(28(34)30-24-13-11-21(2)26(29)17-24)20-27(33)32(18-23-9-6-5-7-10-23)19-25-14-12-22(3)36-25/h5-7,9-14,17H,4,8,15-16,18-20H2,1-3H3,(H,30,34). The summed E-state index contributed by atoms with van der Waals surface area (Å²) in [7, 11) is 0. The van der Waals surface area contributed by atoms with Crippen molar-refractivity contribution in [1.82, 2.24) is 9.80 Å². The fourth-order valence-corrected chi connectivity index (χ4v) is 4.77. The molecule has 1 N–H and O–H groups in total. The van der Waals surface area contributed by atoms with E-state index in [1.807, 2.05) is 55.1 Å². The second kappa shape index (κ2) is 14.0. The van der Waals surface area contributed by atoms with E-state index in [9.17, 15) is 9.59 Å². The van der Waals surface area contributed by atoms with Crippen molar-refractivity contribution in [2.45, 2.75) is 40.3 Å². The molecule has 0 spiro atoms. The second-order valence-corrected chi connectivity index (χ2v) is 10.4. The fraction of sp³-hybridized carbons (Fsp3) is 0.357. The number of anilines is 1. The quantitative estimate of drug-likeness (QED) is 0.273. The van der Waals surface area contributed by atoms with Crippen LogP contribution in [0, 0.1) is 13.8 Å². The summed E-state index contributed by atoms with van der Waals surface area (Å²) in [6.45, 7) is 8.35. The number of ether oxygens (including phenoxy) is 1. The third-order valence-corrected chi connectivity index (χ3v) is 7.06. The molecule has 2 aromatic carbocycles. The Bertz CT molecular complexity index is 1140. The Kier molecular flexibility index (Phi) is 10.8. The van der Waals surface area contributed by atoms with Crippen LogP contribution < -0.4 is 5.32 Å². The molecule has 0 saturated carbocycles. The van der Waals surface area contributed by atoms with Crippen LogP contribution in [-0.2, 0) is 22.6 Å². The Morgan fingerprint density at radius 2 is 1.78 bits per heavy atom. The predicted molar refractivity (Wildman–Crippen MR) is 148 cm³/mol. The molecule has 0 atom stereocenters. The van der Waals surface area contributed by atoms with Gasteiger partial charge in [0, 0.05) is 46.8 Å². The minimum Gasteiger partial charge on any atom is -0.382 e. The van der Waals surface area contributed by atoms with Crippen molar-refractivity contribution in [3.63, 3.8) is 0 Å². The number of halogens is 1. The van der Waals surface area contributed by atoms with Crippen LogP contribution in [-0.4, -0.2) is 48.0 Å². The molecule has 36 heavy (non-hydrogen) atoms. The lowest BCUT2D eigenvalue weighted by atomic mass is 10.2. The number of nitrogens with one attached hydrogen (secondary N) is 1. The molecule has 0 fully saturated rings. The van der Waals surface area contributed by atoms with Gasteiger partial charge in [0.15, 0.2) is 0 Å². The molecular formula is C28H34ClN3O3S. The van der Waals surface area contributed by atoms with E-state index in [4.69, 9.17) is 16.3 Å². The second-order valence-electron chi connectivity index (χ2n) is 8.61. The van der Waals surface area contributed by atoms with Gasteiger partial charge in [0.2, 0.25) is 5.91 Å². The molecule has 1 heterocycles. The zero-order valence-electron chi connectivity index (χ0n) is 21.1. The van der Waals surface area contributed by atoms with Crippen LogP contribution in [0.15, 0.2) is 60.7 Å². The average Bonchev–Trinajstić information content (AvgIpc) is 3.28. The summed E-state index contributed by atoms with van der Waals surface area (Å²) in [6, 6.07) is 19.1.